The van der Waals surface area contributed by atoms with Crippen molar-refractivity contribution in [3.05, 3.63) is 0 Å². The molecule has 1 atom stereocenters. The maximum atomic E-state index is 12.2. The van der Waals surface area contributed by atoms with Crippen molar-refractivity contribution in [3.63, 3.8) is 0 Å². The van der Waals surface area contributed by atoms with Crippen molar-refractivity contribution in [2.24, 2.45) is 0 Å². The second-order valence-electron chi connectivity index (χ2n) is 5.03. The molecule has 0 aromatic heterocycles. The Balaban J connectivity index is 1.93. The van der Waals surface area contributed by atoms with E-state index in [0.717, 1.165) is 38.6 Å². The first-order valence-electron chi connectivity index (χ1n) is 6.29. The standard InChI is InChI=1S/C11H22N2O2S/c1-13(9-10-5-4-8-12-10)16(14,15)11-6-2-3-7-11/h10-12H,2-9H2,1H3. The maximum absolute atomic E-state index is 12.2. The summed E-state index contributed by atoms with van der Waals surface area (Å²) in [5.74, 6) is 0. The fraction of sp³-hybridized carbons (Fsp3) is 1.00. The summed E-state index contributed by atoms with van der Waals surface area (Å²) in [7, 11) is -1.30. The summed E-state index contributed by atoms with van der Waals surface area (Å²) in [4.78, 5) is 0. The van der Waals surface area contributed by atoms with Gasteiger partial charge in [-0.15, -0.1) is 0 Å². The lowest BCUT2D eigenvalue weighted by Crippen LogP contribution is -2.42. The van der Waals surface area contributed by atoms with E-state index < -0.39 is 10.0 Å². The Labute approximate surface area is 98.4 Å². The van der Waals surface area contributed by atoms with Crippen LogP contribution in [0.2, 0.25) is 0 Å². The largest absolute Gasteiger partial charge is 0.313 e. The monoisotopic (exact) mass is 246 g/mol. The third kappa shape index (κ3) is 2.57. The van der Waals surface area contributed by atoms with E-state index in [0.29, 0.717) is 12.6 Å². The Morgan fingerprint density at radius 2 is 1.88 bits per heavy atom. The Bertz CT molecular complexity index is 317. The lowest BCUT2D eigenvalue weighted by Gasteiger charge is -2.24. The van der Waals surface area contributed by atoms with Crippen LogP contribution >= 0.6 is 0 Å². The van der Waals surface area contributed by atoms with E-state index in [1.54, 1.807) is 11.4 Å². The molecule has 2 fully saturated rings. The van der Waals surface area contributed by atoms with Crippen LogP contribution in [0.15, 0.2) is 0 Å². The number of rotatable bonds is 4. The molecule has 4 nitrogen and oxygen atoms in total. The highest BCUT2D eigenvalue weighted by Crippen LogP contribution is 2.26. The lowest BCUT2D eigenvalue weighted by atomic mass is 10.2. The molecule has 1 saturated carbocycles. The van der Waals surface area contributed by atoms with Crippen LogP contribution in [-0.2, 0) is 10.0 Å². The predicted molar refractivity (Wildman–Crippen MR) is 64.8 cm³/mol. The molecular formula is C11H22N2O2S. The Morgan fingerprint density at radius 3 is 2.44 bits per heavy atom. The first-order valence-corrected chi connectivity index (χ1v) is 7.79. The number of nitrogens with one attached hydrogen (secondary N) is 1. The molecule has 0 spiro atoms. The van der Waals surface area contributed by atoms with Gasteiger partial charge in [-0.3, -0.25) is 0 Å². The molecular weight excluding hydrogens is 224 g/mol. The topological polar surface area (TPSA) is 49.4 Å². The number of likely N-dealkylation sites (N-methyl/N-ethyl adjacent to an activating group) is 1. The minimum absolute atomic E-state index is 0.112. The zero-order valence-electron chi connectivity index (χ0n) is 9.98. The van der Waals surface area contributed by atoms with Crippen molar-refractivity contribution in [1.29, 1.82) is 0 Å². The molecule has 1 aliphatic carbocycles. The normalized spacial score (nSPS) is 28.0. The van der Waals surface area contributed by atoms with Crippen molar-refractivity contribution < 1.29 is 8.42 Å². The molecule has 0 aromatic rings. The van der Waals surface area contributed by atoms with Gasteiger partial charge in [0.05, 0.1) is 5.25 Å². The molecule has 94 valence electrons. The molecule has 1 saturated heterocycles. The van der Waals surface area contributed by atoms with Gasteiger partial charge in [0, 0.05) is 19.6 Å². The third-order valence-corrected chi connectivity index (χ3v) is 6.13. The van der Waals surface area contributed by atoms with Crippen molar-refractivity contribution in [1.82, 2.24) is 9.62 Å². The van der Waals surface area contributed by atoms with Gasteiger partial charge in [-0.05, 0) is 32.2 Å². The van der Waals surface area contributed by atoms with Crippen LogP contribution < -0.4 is 5.32 Å². The second kappa shape index (κ2) is 5.02. The van der Waals surface area contributed by atoms with E-state index in [1.165, 1.54) is 6.42 Å². The minimum atomic E-state index is -3.03. The predicted octanol–water partition coefficient (Wildman–Crippen LogP) is 0.943. The summed E-state index contributed by atoms with van der Waals surface area (Å²) in [6, 6.07) is 0.362. The van der Waals surface area contributed by atoms with Crippen LogP contribution in [0.4, 0.5) is 0 Å². The van der Waals surface area contributed by atoms with Gasteiger partial charge in [-0.1, -0.05) is 12.8 Å². The van der Waals surface area contributed by atoms with Gasteiger partial charge in [0.2, 0.25) is 10.0 Å². The number of hydrogen-bond donors (Lipinski definition) is 1. The van der Waals surface area contributed by atoms with Crippen molar-refractivity contribution in [2.45, 2.75) is 49.8 Å². The zero-order valence-corrected chi connectivity index (χ0v) is 10.8. The van der Waals surface area contributed by atoms with E-state index in [-0.39, 0.29) is 5.25 Å². The van der Waals surface area contributed by atoms with Gasteiger partial charge in [0.1, 0.15) is 0 Å². The SMILES string of the molecule is CN(CC1CCCN1)S(=O)(=O)C1CCCC1. The Morgan fingerprint density at radius 1 is 1.19 bits per heavy atom. The molecule has 0 bridgehead atoms. The van der Waals surface area contributed by atoms with Gasteiger partial charge < -0.3 is 5.32 Å². The molecule has 1 unspecified atom stereocenters. The highest BCUT2D eigenvalue weighted by atomic mass is 32.2. The molecule has 5 heteroatoms. The molecule has 1 N–H and O–H groups in total. The van der Waals surface area contributed by atoms with Crippen LogP contribution in [0.3, 0.4) is 0 Å². The summed E-state index contributed by atoms with van der Waals surface area (Å²) < 4.78 is 26.0. The van der Waals surface area contributed by atoms with Crippen molar-refractivity contribution >= 4 is 10.0 Å². The van der Waals surface area contributed by atoms with Crippen LogP contribution in [-0.4, -0.2) is 44.2 Å². The smallest absolute Gasteiger partial charge is 0.216 e. The molecule has 0 amide bonds. The quantitative estimate of drug-likeness (QED) is 0.803. The molecule has 2 aliphatic rings. The van der Waals surface area contributed by atoms with Crippen LogP contribution in [0.5, 0.6) is 0 Å². The Hall–Kier alpha value is -0.130. The number of hydrogen-bond acceptors (Lipinski definition) is 3. The fourth-order valence-electron chi connectivity index (χ4n) is 2.77. The summed E-state index contributed by atoms with van der Waals surface area (Å²) in [5, 5.41) is 3.23. The van der Waals surface area contributed by atoms with Crippen LogP contribution in [0.1, 0.15) is 38.5 Å². The highest BCUT2D eigenvalue weighted by molar-refractivity contribution is 7.89. The van der Waals surface area contributed by atoms with Crippen LogP contribution in [0.25, 0.3) is 0 Å². The maximum Gasteiger partial charge on any atom is 0.216 e. The number of nitrogens with zero attached hydrogens (tertiary/aromatic N) is 1. The van der Waals surface area contributed by atoms with E-state index in [2.05, 4.69) is 5.32 Å². The average Bonchev–Trinajstić information content (AvgIpc) is 2.89. The van der Waals surface area contributed by atoms with E-state index in [1.807, 2.05) is 0 Å². The molecule has 16 heavy (non-hydrogen) atoms. The second-order valence-corrected chi connectivity index (χ2v) is 7.35. The van der Waals surface area contributed by atoms with Gasteiger partial charge in [0.25, 0.3) is 0 Å². The molecule has 1 heterocycles. The fourth-order valence-corrected chi connectivity index (χ4v) is 4.59. The van der Waals surface area contributed by atoms with Gasteiger partial charge in [0.15, 0.2) is 0 Å². The summed E-state index contributed by atoms with van der Waals surface area (Å²) in [5.41, 5.74) is 0. The Kier molecular flexibility index (Phi) is 3.87. The minimum Gasteiger partial charge on any atom is -0.313 e. The van der Waals surface area contributed by atoms with E-state index in [9.17, 15) is 8.42 Å². The third-order valence-electron chi connectivity index (χ3n) is 3.80. The highest BCUT2D eigenvalue weighted by Gasteiger charge is 2.33. The van der Waals surface area contributed by atoms with Gasteiger partial charge >= 0.3 is 0 Å². The first kappa shape index (κ1) is 12.3. The van der Waals surface area contributed by atoms with E-state index in [4.69, 9.17) is 0 Å². The van der Waals surface area contributed by atoms with Crippen LogP contribution in [0, 0.1) is 0 Å². The summed E-state index contributed by atoms with van der Waals surface area (Å²) in [6.45, 7) is 1.67. The van der Waals surface area contributed by atoms with Crippen molar-refractivity contribution in [3.8, 4) is 0 Å². The molecule has 2 rings (SSSR count). The summed E-state index contributed by atoms with van der Waals surface area (Å²) in [6.07, 6.45) is 6.11. The average molecular weight is 246 g/mol. The molecule has 0 radical (unpaired) electrons. The van der Waals surface area contributed by atoms with E-state index >= 15 is 0 Å². The summed E-state index contributed by atoms with van der Waals surface area (Å²) >= 11 is 0. The lowest BCUT2D eigenvalue weighted by molar-refractivity contribution is 0.410. The van der Waals surface area contributed by atoms with Gasteiger partial charge in [-0.2, -0.15) is 0 Å². The molecule has 1 aliphatic heterocycles. The van der Waals surface area contributed by atoms with Gasteiger partial charge in [-0.25, -0.2) is 12.7 Å². The zero-order chi connectivity index (χ0) is 11.6. The number of sulfonamides is 1. The van der Waals surface area contributed by atoms with Crippen molar-refractivity contribution in [2.75, 3.05) is 20.1 Å². The molecule has 0 aromatic carbocycles. The first-order chi connectivity index (χ1) is 7.60.